The SMILES string of the molecule is Cc1ccc(C2CN(C(=O)COc3ccc(Cl)cc3)CCO2)cc1. The van der Waals surface area contributed by atoms with Crippen molar-refractivity contribution in [3.8, 4) is 5.75 Å². The molecule has 1 heterocycles. The van der Waals surface area contributed by atoms with Gasteiger partial charge in [-0.3, -0.25) is 4.79 Å². The van der Waals surface area contributed by atoms with Crippen LogP contribution >= 0.6 is 11.6 Å². The van der Waals surface area contributed by atoms with Crippen molar-refractivity contribution in [3.05, 3.63) is 64.7 Å². The number of ether oxygens (including phenoxy) is 2. The average molecular weight is 346 g/mol. The van der Waals surface area contributed by atoms with Crippen LogP contribution < -0.4 is 4.74 Å². The Hall–Kier alpha value is -2.04. The number of benzene rings is 2. The van der Waals surface area contributed by atoms with E-state index in [9.17, 15) is 4.79 Å². The zero-order chi connectivity index (χ0) is 16.9. The standard InChI is InChI=1S/C19H20ClNO3/c1-14-2-4-15(5-3-14)18-12-21(10-11-23-18)19(22)13-24-17-8-6-16(20)7-9-17/h2-9,18H,10-13H2,1H3. The molecule has 3 rings (SSSR count). The Kier molecular flexibility index (Phi) is 5.38. The van der Waals surface area contributed by atoms with E-state index in [0.29, 0.717) is 30.5 Å². The zero-order valence-electron chi connectivity index (χ0n) is 13.6. The second-order valence-corrected chi connectivity index (χ2v) is 6.29. The molecule has 0 N–H and O–H groups in total. The summed E-state index contributed by atoms with van der Waals surface area (Å²) in [6, 6.07) is 15.2. The van der Waals surface area contributed by atoms with E-state index in [1.807, 2.05) is 0 Å². The summed E-state index contributed by atoms with van der Waals surface area (Å²) in [6.07, 6.45) is -0.0844. The first-order valence-corrected chi connectivity index (χ1v) is 8.34. The third kappa shape index (κ3) is 4.28. The molecule has 1 fully saturated rings. The molecule has 2 aromatic carbocycles. The van der Waals surface area contributed by atoms with Crippen LogP contribution in [0.3, 0.4) is 0 Å². The van der Waals surface area contributed by atoms with Crippen molar-refractivity contribution in [3.63, 3.8) is 0 Å². The highest BCUT2D eigenvalue weighted by Gasteiger charge is 2.25. The maximum Gasteiger partial charge on any atom is 0.260 e. The Balaban J connectivity index is 1.56. The smallest absolute Gasteiger partial charge is 0.260 e. The molecule has 0 bridgehead atoms. The van der Waals surface area contributed by atoms with E-state index in [2.05, 4.69) is 31.2 Å². The molecule has 1 aliphatic rings. The minimum atomic E-state index is -0.0844. The predicted octanol–water partition coefficient (Wildman–Crippen LogP) is 3.63. The van der Waals surface area contributed by atoms with E-state index >= 15 is 0 Å². The number of halogens is 1. The van der Waals surface area contributed by atoms with Gasteiger partial charge in [0.2, 0.25) is 0 Å². The molecule has 5 heteroatoms. The second-order valence-electron chi connectivity index (χ2n) is 5.85. The van der Waals surface area contributed by atoms with Crippen LogP contribution in [0.5, 0.6) is 5.75 Å². The minimum absolute atomic E-state index is 0.0161. The van der Waals surface area contributed by atoms with Gasteiger partial charge in [0.1, 0.15) is 11.9 Å². The van der Waals surface area contributed by atoms with Crippen LogP contribution in [-0.2, 0) is 9.53 Å². The number of nitrogens with zero attached hydrogens (tertiary/aromatic N) is 1. The molecule has 2 aromatic rings. The van der Waals surface area contributed by atoms with Crippen LogP contribution in [0.4, 0.5) is 0 Å². The summed E-state index contributed by atoms with van der Waals surface area (Å²) in [5, 5.41) is 0.641. The van der Waals surface area contributed by atoms with Crippen LogP contribution in [0.15, 0.2) is 48.5 Å². The van der Waals surface area contributed by atoms with E-state index in [-0.39, 0.29) is 18.6 Å². The van der Waals surface area contributed by atoms with Gasteiger partial charge in [-0.2, -0.15) is 0 Å². The van der Waals surface area contributed by atoms with Crippen LogP contribution in [0.2, 0.25) is 5.02 Å². The highest BCUT2D eigenvalue weighted by molar-refractivity contribution is 6.30. The molecule has 1 amide bonds. The number of morpholine rings is 1. The number of carbonyl (C=O) groups excluding carboxylic acids is 1. The van der Waals surface area contributed by atoms with Crippen molar-refractivity contribution in [2.75, 3.05) is 26.3 Å². The quantitative estimate of drug-likeness (QED) is 0.849. The lowest BCUT2D eigenvalue weighted by Gasteiger charge is -2.33. The first-order valence-electron chi connectivity index (χ1n) is 7.96. The molecule has 1 unspecified atom stereocenters. The summed E-state index contributed by atoms with van der Waals surface area (Å²) >= 11 is 5.84. The summed E-state index contributed by atoms with van der Waals surface area (Å²) < 4.78 is 11.4. The Morgan fingerprint density at radius 1 is 1.21 bits per heavy atom. The molecule has 0 saturated carbocycles. The maximum atomic E-state index is 12.4. The highest BCUT2D eigenvalue weighted by Crippen LogP contribution is 2.23. The van der Waals surface area contributed by atoms with Gasteiger partial charge in [0, 0.05) is 11.6 Å². The number of aryl methyl sites for hydroxylation is 1. The number of hydrogen-bond donors (Lipinski definition) is 0. The largest absolute Gasteiger partial charge is 0.484 e. The molecule has 1 saturated heterocycles. The number of carbonyl (C=O) groups is 1. The first-order chi connectivity index (χ1) is 11.6. The zero-order valence-corrected chi connectivity index (χ0v) is 14.3. The van der Waals surface area contributed by atoms with E-state index in [4.69, 9.17) is 21.1 Å². The van der Waals surface area contributed by atoms with E-state index in [1.165, 1.54) is 5.56 Å². The summed E-state index contributed by atoms with van der Waals surface area (Å²) in [6.45, 7) is 3.74. The van der Waals surface area contributed by atoms with Crippen LogP contribution in [0.1, 0.15) is 17.2 Å². The van der Waals surface area contributed by atoms with Gasteiger partial charge in [0.25, 0.3) is 5.91 Å². The molecule has 0 aliphatic carbocycles. The lowest BCUT2D eigenvalue weighted by molar-refractivity contribution is -0.141. The van der Waals surface area contributed by atoms with Crippen molar-refractivity contribution < 1.29 is 14.3 Å². The van der Waals surface area contributed by atoms with Crippen LogP contribution in [-0.4, -0.2) is 37.1 Å². The third-order valence-corrected chi connectivity index (χ3v) is 4.30. The summed E-state index contributed by atoms with van der Waals surface area (Å²) in [7, 11) is 0. The highest BCUT2D eigenvalue weighted by atomic mass is 35.5. The van der Waals surface area contributed by atoms with Crippen molar-refractivity contribution in [1.29, 1.82) is 0 Å². The number of hydrogen-bond acceptors (Lipinski definition) is 3. The molecule has 0 radical (unpaired) electrons. The molecule has 1 atom stereocenters. The van der Waals surface area contributed by atoms with Crippen molar-refractivity contribution in [2.24, 2.45) is 0 Å². The summed E-state index contributed by atoms with van der Waals surface area (Å²) in [4.78, 5) is 14.2. The topological polar surface area (TPSA) is 38.8 Å². The first kappa shape index (κ1) is 16.8. The Bertz CT molecular complexity index is 685. The van der Waals surface area contributed by atoms with Crippen molar-refractivity contribution in [1.82, 2.24) is 4.90 Å². The van der Waals surface area contributed by atoms with Gasteiger partial charge in [0.15, 0.2) is 6.61 Å². The van der Waals surface area contributed by atoms with Gasteiger partial charge in [-0.05, 0) is 36.8 Å². The fourth-order valence-corrected chi connectivity index (χ4v) is 2.75. The predicted molar refractivity (Wildman–Crippen MR) is 93.4 cm³/mol. The molecule has 1 aliphatic heterocycles. The lowest BCUT2D eigenvalue weighted by atomic mass is 10.1. The molecule has 4 nitrogen and oxygen atoms in total. The third-order valence-electron chi connectivity index (χ3n) is 4.04. The van der Waals surface area contributed by atoms with E-state index in [0.717, 1.165) is 5.56 Å². The van der Waals surface area contributed by atoms with Crippen molar-refractivity contribution in [2.45, 2.75) is 13.0 Å². The second kappa shape index (κ2) is 7.69. The molecule has 0 spiro atoms. The Labute approximate surface area is 146 Å². The van der Waals surface area contributed by atoms with Crippen LogP contribution in [0, 0.1) is 6.92 Å². The van der Waals surface area contributed by atoms with E-state index in [1.54, 1.807) is 29.2 Å². The molecular formula is C19H20ClNO3. The van der Waals surface area contributed by atoms with Gasteiger partial charge in [0.05, 0.1) is 13.2 Å². The summed E-state index contributed by atoms with van der Waals surface area (Å²) in [5.41, 5.74) is 2.30. The monoisotopic (exact) mass is 345 g/mol. The van der Waals surface area contributed by atoms with E-state index < -0.39 is 0 Å². The van der Waals surface area contributed by atoms with Gasteiger partial charge in [-0.25, -0.2) is 0 Å². The van der Waals surface area contributed by atoms with Gasteiger partial charge >= 0.3 is 0 Å². The molecule has 0 aromatic heterocycles. The number of amides is 1. The Morgan fingerprint density at radius 2 is 1.92 bits per heavy atom. The molecule has 24 heavy (non-hydrogen) atoms. The van der Waals surface area contributed by atoms with Gasteiger partial charge in [-0.15, -0.1) is 0 Å². The lowest BCUT2D eigenvalue weighted by Crippen LogP contribution is -2.44. The number of rotatable bonds is 4. The van der Waals surface area contributed by atoms with Crippen LogP contribution in [0.25, 0.3) is 0 Å². The Morgan fingerprint density at radius 3 is 2.62 bits per heavy atom. The average Bonchev–Trinajstić information content (AvgIpc) is 2.62. The normalized spacial score (nSPS) is 17.6. The molecular weight excluding hydrogens is 326 g/mol. The van der Waals surface area contributed by atoms with Gasteiger partial charge in [-0.1, -0.05) is 41.4 Å². The maximum absolute atomic E-state index is 12.4. The fraction of sp³-hybridized carbons (Fsp3) is 0.316. The minimum Gasteiger partial charge on any atom is -0.484 e. The molecule has 126 valence electrons. The van der Waals surface area contributed by atoms with Gasteiger partial charge < -0.3 is 14.4 Å². The summed E-state index contributed by atoms with van der Waals surface area (Å²) in [5.74, 6) is 0.599. The fourth-order valence-electron chi connectivity index (χ4n) is 2.63. The van der Waals surface area contributed by atoms with Crippen molar-refractivity contribution >= 4 is 17.5 Å².